The Morgan fingerprint density at radius 2 is 1.69 bits per heavy atom. The van der Waals surface area contributed by atoms with Crippen molar-refractivity contribution in [3.8, 4) is 6.07 Å². The van der Waals surface area contributed by atoms with Crippen molar-refractivity contribution >= 4 is 0 Å². The summed E-state index contributed by atoms with van der Waals surface area (Å²) in [4.78, 5) is 0. The second kappa shape index (κ2) is 3.60. The first-order valence-electron chi connectivity index (χ1n) is 6.47. The highest BCUT2D eigenvalue weighted by Gasteiger charge is 2.52. The zero-order valence-corrected chi connectivity index (χ0v) is 9.65. The predicted molar refractivity (Wildman–Crippen MR) is 61.4 cm³/mol. The number of allylic oxidation sites excluding steroid dienone is 1. The molecule has 4 rings (SSSR count). The lowest BCUT2D eigenvalue weighted by Gasteiger charge is -2.56. The Morgan fingerprint density at radius 1 is 1.19 bits per heavy atom. The largest absolute Gasteiger partial charge is 0.392 e. The Balaban J connectivity index is 1.94. The lowest BCUT2D eigenvalue weighted by Crippen LogP contribution is -2.46. The minimum atomic E-state index is 0.0185. The van der Waals surface area contributed by atoms with Crippen molar-refractivity contribution in [2.75, 3.05) is 6.61 Å². The Labute approximate surface area is 97.0 Å². The zero-order chi connectivity index (χ0) is 11.2. The lowest BCUT2D eigenvalue weighted by molar-refractivity contribution is -0.0283. The third-order valence-corrected chi connectivity index (χ3v) is 5.03. The summed E-state index contributed by atoms with van der Waals surface area (Å²) >= 11 is 0. The van der Waals surface area contributed by atoms with E-state index in [1.54, 1.807) is 6.08 Å². The van der Waals surface area contributed by atoms with Crippen molar-refractivity contribution in [2.45, 2.75) is 38.5 Å². The third kappa shape index (κ3) is 1.42. The minimum absolute atomic E-state index is 0.0185. The fraction of sp³-hybridized carbons (Fsp3) is 0.786. The number of nitriles is 1. The van der Waals surface area contributed by atoms with Crippen molar-refractivity contribution in [2.24, 2.45) is 23.2 Å². The van der Waals surface area contributed by atoms with Crippen LogP contribution in [0.5, 0.6) is 0 Å². The van der Waals surface area contributed by atoms with Gasteiger partial charge in [0.05, 0.1) is 12.7 Å². The van der Waals surface area contributed by atoms with E-state index in [-0.39, 0.29) is 12.0 Å². The molecule has 0 amide bonds. The van der Waals surface area contributed by atoms with Gasteiger partial charge in [-0.25, -0.2) is 0 Å². The molecule has 2 nitrogen and oxygen atoms in total. The van der Waals surface area contributed by atoms with Crippen molar-refractivity contribution in [1.82, 2.24) is 0 Å². The molecule has 2 heteroatoms. The van der Waals surface area contributed by atoms with Crippen molar-refractivity contribution in [1.29, 1.82) is 5.26 Å². The van der Waals surface area contributed by atoms with Crippen LogP contribution in [-0.4, -0.2) is 11.7 Å². The van der Waals surface area contributed by atoms with Gasteiger partial charge >= 0.3 is 0 Å². The summed E-state index contributed by atoms with van der Waals surface area (Å²) in [7, 11) is 0. The van der Waals surface area contributed by atoms with Gasteiger partial charge in [0.1, 0.15) is 0 Å². The summed E-state index contributed by atoms with van der Waals surface area (Å²) in [6, 6.07) is 2.36. The van der Waals surface area contributed by atoms with Gasteiger partial charge in [-0.3, -0.25) is 0 Å². The van der Waals surface area contributed by atoms with Gasteiger partial charge in [0.15, 0.2) is 0 Å². The Kier molecular flexibility index (Phi) is 2.33. The fourth-order valence-electron chi connectivity index (χ4n) is 4.91. The lowest BCUT2D eigenvalue weighted by atomic mass is 9.48. The van der Waals surface area contributed by atoms with Crippen LogP contribution in [0.25, 0.3) is 0 Å². The summed E-state index contributed by atoms with van der Waals surface area (Å²) in [6.07, 6.45) is 9.58. The molecule has 4 aliphatic rings. The molecule has 0 aromatic heterocycles. The SMILES string of the molecule is N#C/C(=C\CO)C12CC3CC(CC(C3)C1)C2. The number of aliphatic hydroxyl groups excluding tert-OH is 1. The number of hydrogen-bond donors (Lipinski definition) is 1. The second-order valence-corrected chi connectivity index (χ2v) is 6.11. The van der Waals surface area contributed by atoms with E-state index < -0.39 is 0 Å². The van der Waals surface area contributed by atoms with E-state index in [1.165, 1.54) is 38.5 Å². The molecule has 86 valence electrons. The molecule has 0 radical (unpaired) electrons. The zero-order valence-electron chi connectivity index (χ0n) is 9.65. The highest BCUT2D eigenvalue weighted by atomic mass is 16.2. The van der Waals surface area contributed by atoms with Crippen LogP contribution < -0.4 is 0 Å². The summed E-state index contributed by atoms with van der Waals surface area (Å²) in [6.45, 7) is 0.0185. The Bertz CT molecular complexity index is 328. The van der Waals surface area contributed by atoms with E-state index in [2.05, 4.69) is 6.07 Å². The molecule has 1 N–H and O–H groups in total. The molecule has 16 heavy (non-hydrogen) atoms. The van der Waals surface area contributed by atoms with Gasteiger partial charge in [0.25, 0.3) is 0 Å². The van der Waals surface area contributed by atoms with Crippen LogP contribution in [0.3, 0.4) is 0 Å². The maximum atomic E-state index is 9.29. The van der Waals surface area contributed by atoms with Gasteiger partial charge in [-0.1, -0.05) is 0 Å². The van der Waals surface area contributed by atoms with Crippen LogP contribution in [0.1, 0.15) is 38.5 Å². The van der Waals surface area contributed by atoms with Gasteiger partial charge in [-0.05, 0) is 62.4 Å². The van der Waals surface area contributed by atoms with Gasteiger partial charge in [-0.2, -0.15) is 5.26 Å². The number of rotatable bonds is 2. The average Bonchev–Trinajstić information content (AvgIpc) is 2.23. The highest BCUT2D eigenvalue weighted by molar-refractivity contribution is 5.32. The van der Waals surface area contributed by atoms with E-state index in [9.17, 15) is 5.26 Å². The van der Waals surface area contributed by atoms with E-state index in [4.69, 9.17) is 5.11 Å². The Hall–Kier alpha value is -0.810. The van der Waals surface area contributed by atoms with Crippen molar-refractivity contribution in [3.63, 3.8) is 0 Å². The van der Waals surface area contributed by atoms with Gasteiger partial charge in [0, 0.05) is 11.0 Å². The maximum Gasteiger partial charge on any atom is 0.0950 e. The van der Waals surface area contributed by atoms with E-state index in [0.29, 0.717) is 0 Å². The van der Waals surface area contributed by atoms with Crippen LogP contribution in [0.4, 0.5) is 0 Å². The molecule has 0 unspecified atom stereocenters. The third-order valence-electron chi connectivity index (χ3n) is 5.03. The monoisotopic (exact) mass is 217 g/mol. The molecule has 4 saturated carbocycles. The normalized spacial score (nSPS) is 45.8. The molecule has 0 aliphatic heterocycles. The maximum absolute atomic E-state index is 9.29. The van der Waals surface area contributed by atoms with E-state index >= 15 is 0 Å². The van der Waals surface area contributed by atoms with E-state index in [0.717, 1.165) is 23.3 Å². The summed E-state index contributed by atoms with van der Waals surface area (Å²) < 4.78 is 0. The number of nitrogens with zero attached hydrogens (tertiary/aromatic N) is 1. The second-order valence-electron chi connectivity index (χ2n) is 6.11. The van der Waals surface area contributed by atoms with Crippen molar-refractivity contribution < 1.29 is 5.11 Å². The van der Waals surface area contributed by atoms with Gasteiger partial charge in [0.2, 0.25) is 0 Å². The molecular weight excluding hydrogens is 198 g/mol. The first-order valence-corrected chi connectivity index (χ1v) is 6.47. The first-order chi connectivity index (χ1) is 7.75. The van der Waals surface area contributed by atoms with Crippen molar-refractivity contribution in [3.05, 3.63) is 11.6 Å². The van der Waals surface area contributed by atoms with Gasteiger partial charge < -0.3 is 5.11 Å². The van der Waals surface area contributed by atoms with E-state index in [1.807, 2.05) is 0 Å². The molecule has 0 atom stereocenters. The highest BCUT2D eigenvalue weighted by Crippen LogP contribution is 2.62. The molecular formula is C14H19NO. The first kappa shape index (κ1) is 10.4. The summed E-state index contributed by atoms with van der Waals surface area (Å²) in [5.41, 5.74) is 1.04. The molecule has 0 saturated heterocycles. The standard InChI is InChI=1S/C14H19NO/c15-9-13(1-2-16)14-6-10-3-11(7-14)5-12(4-10)8-14/h1,10-12,16H,2-8H2/b13-1+. The average molecular weight is 217 g/mol. The Morgan fingerprint density at radius 3 is 2.06 bits per heavy atom. The quantitative estimate of drug-likeness (QED) is 0.723. The molecule has 4 aliphatic carbocycles. The predicted octanol–water partition coefficient (Wildman–Crippen LogP) is 2.65. The summed E-state index contributed by atoms with van der Waals surface area (Å²) in [5.74, 6) is 2.59. The van der Waals surface area contributed by atoms with Crippen LogP contribution in [0.2, 0.25) is 0 Å². The molecule has 0 heterocycles. The molecule has 0 aromatic rings. The number of hydrogen-bond acceptors (Lipinski definition) is 2. The van der Waals surface area contributed by atoms with Crippen LogP contribution in [0, 0.1) is 34.5 Å². The van der Waals surface area contributed by atoms with Crippen LogP contribution in [-0.2, 0) is 0 Å². The molecule has 0 aromatic carbocycles. The van der Waals surface area contributed by atoms with Gasteiger partial charge in [-0.15, -0.1) is 0 Å². The fourth-order valence-corrected chi connectivity index (χ4v) is 4.91. The number of aliphatic hydroxyl groups is 1. The minimum Gasteiger partial charge on any atom is -0.392 e. The smallest absolute Gasteiger partial charge is 0.0950 e. The topological polar surface area (TPSA) is 44.0 Å². The van der Waals surface area contributed by atoms with Crippen LogP contribution >= 0.6 is 0 Å². The molecule has 0 spiro atoms. The van der Waals surface area contributed by atoms with Crippen LogP contribution in [0.15, 0.2) is 11.6 Å². The molecule has 4 bridgehead atoms. The molecule has 4 fully saturated rings. The summed E-state index contributed by atoms with van der Waals surface area (Å²) in [5, 5.41) is 18.3.